The smallest absolute Gasteiger partial charge is 0.267 e. The Hall–Kier alpha value is -1.86. The Morgan fingerprint density at radius 2 is 2.05 bits per heavy atom. The minimum absolute atomic E-state index is 0.0321. The summed E-state index contributed by atoms with van der Waals surface area (Å²) in [5.41, 5.74) is 5.67. The summed E-state index contributed by atoms with van der Waals surface area (Å²) in [6.45, 7) is 1.66. The van der Waals surface area contributed by atoms with Gasteiger partial charge in [-0.3, -0.25) is 4.31 Å². The largest absolute Gasteiger partial charge is 0.464 e. The molecule has 2 rings (SSSR count). The van der Waals surface area contributed by atoms with Gasteiger partial charge in [-0.05, 0) is 25.1 Å². The van der Waals surface area contributed by atoms with Crippen molar-refractivity contribution in [1.29, 1.82) is 0 Å². The van der Waals surface area contributed by atoms with Gasteiger partial charge in [0, 0.05) is 13.1 Å². The van der Waals surface area contributed by atoms with Crippen molar-refractivity contribution >= 4 is 15.7 Å². The number of benzene rings is 1. The second kappa shape index (κ2) is 5.26. The first kappa shape index (κ1) is 14.5. The third-order valence-electron chi connectivity index (χ3n) is 2.93. The molecule has 20 heavy (non-hydrogen) atoms. The summed E-state index contributed by atoms with van der Waals surface area (Å²) in [6.07, 6.45) is 0. The predicted octanol–water partition coefficient (Wildman–Crippen LogP) is 2.01. The van der Waals surface area contributed by atoms with E-state index in [1.807, 2.05) is 0 Å². The first-order valence-electron chi connectivity index (χ1n) is 5.90. The molecule has 108 valence electrons. The number of sulfonamides is 1. The van der Waals surface area contributed by atoms with Crippen LogP contribution >= 0.6 is 0 Å². The fraction of sp³-hybridized carbons (Fsp3) is 0.231. The van der Waals surface area contributed by atoms with E-state index in [0.717, 1.165) is 10.4 Å². The summed E-state index contributed by atoms with van der Waals surface area (Å²) in [4.78, 5) is 0.0321. The van der Waals surface area contributed by atoms with Crippen LogP contribution in [0.15, 0.2) is 39.6 Å². The van der Waals surface area contributed by atoms with Crippen LogP contribution in [-0.2, 0) is 16.6 Å². The van der Waals surface area contributed by atoms with Crippen LogP contribution in [0.4, 0.5) is 10.1 Å². The van der Waals surface area contributed by atoms with Crippen molar-refractivity contribution in [1.82, 2.24) is 0 Å². The lowest BCUT2D eigenvalue weighted by molar-refractivity contribution is 0.479. The van der Waals surface area contributed by atoms with E-state index < -0.39 is 15.8 Å². The maximum absolute atomic E-state index is 13.2. The van der Waals surface area contributed by atoms with Crippen molar-refractivity contribution in [3.8, 4) is 0 Å². The van der Waals surface area contributed by atoms with Crippen molar-refractivity contribution in [2.75, 3.05) is 11.4 Å². The van der Waals surface area contributed by atoms with Crippen LogP contribution in [0.3, 0.4) is 0 Å². The normalized spacial score (nSPS) is 11.6. The lowest BCUT2D eigenvalue weighted by atomic mass is 10.3. The number of aryl methyl sites for hydroxylation is 1. The van der Waals surface area contributed by atoms with Crippen LogP contribution in [0, 0.1) is 12.7 Å². The van der Waals surface area contributed by atoms with Crippen LogP contribution in [0.25, 0.3) is 0 Å². The fourth-order valence-corrected chi connectivity index (χ4v) is 3.21. The zero-order chi connectivity index (χ0) is 14.9. The lowest BCUT2D eigenvalue weighted by Gasteiger charge is -2.18. The third-order valence-corrected chi connectivity index (χ3v) is 4.83. The number of anilines is 1. The Morgan fingerprint density at radius 1 is 1.35 bits per heavy atom. The molecule has 0 atom stereocenters. The molecule has 0 aliphatic heterocycles. The number of furan rings is 1. The summed E-state index contributed by atoms with van der Waals surface area (Å²) in [5, 5.41) is 0. The molecule has 0 spiro atoms. The molecule has 0 unspecified atom stereocenters. The van der Waals surface area contributed by atoms with E-state index in [-0.39, 0.29) is 22.9 Å². The van der Waals surface area contributed by atoms with E-state index in [2.05, 4.69) is 0 Å². The average Bonchev–Trinajstić information content (AvgIpc) is 2.80. The number of rotatable bonds is 4. The van der Waals surface area contributed by atoms with Gasteiger partial charge in [-0.1, -0.05) is 6.07 Å². The molecule has 0 fully saturated rings. The average molecular weight is 298 g/mol. The molecule has 1 aromatic heterocycles. The van der Waals surface area contributed by atoms with Crippen LogP contribution < -0.4 is 10.0 Å². The summed E-state index contributed by atoms with van der Waals surface area (Å²) >= 11 is 0. The Kier molecular flexibility index (Phi) is 3.82. The summed E-state index contributed by atoms with van der Waals surface area (Å²) in [5.74, 6) is 0.138. The molecule has 1 aromatic carbocycles. The van der Waals surface area contributed by atoms with Crippen molar-refractivity contribution in [3.63, 3.8) is 0 Å². The van der Waals surface area contributed by atoms with Gasteiger partial charge in [0.15, 0.2) is 0 Å². The van der Waals surface area contributed by atoms with Crippen LogP contribution in [0.5, 0.6) is 0 Å². The first-order valence-corrected chi connectivity index (χ1v) is 7.34. The number of hydrogen-bond donors (Lipinski definition) is 1. The molecule has 0 aliphatic rings. The predicted molar refractivity (Wildman–Crippen MR) is 73.3 cm³/mol. The minimum atomic E-state index is -3.81. The molecule has 0 saturated heterocycles. The maximum Gasteiger partial charge on any atom is 0.267 e. The third kappa shape index (κ3) is 2.54. The number of nitrogens with zero attached hydrogens (tertiary/aromatic N) is 1. The fourth-order valence-electron chi connectivity index (χ4n) is 1.84. The zero-order valence-corrected chi connectivity index (χ0v) is 11.9. The van der Waals surface area contributed by atoms with Gasteiger partial charge >= 0.3 is 0 Å². The van der Waals surface area contributed by atoms with Gasteiger partial charge in [0.2, 0.25) is 0 Å². The van der Waals surface area contributed by atoms with E-state index in [4.69, 9.17) is 10.2 Å². The van der Waals surface area contributed by atoms with Crippen molar-refractivity contribution < 1.29 is 17.2 Å². The topological polar surface area (TPSA) is 76.5 Å². The number of halogens is 1. The van der Waals surface area contributed by atoms with Crippen molar-refractivity contribution in [2.24, 2.45) is 5.73 Å². The van der Waals surface area contributed by atoms with E-state index in [0.29, 0.717) is 5.76 Å². The summed E-state index contributed by atoms with van der Waals surface area (Å²) < 4.78 is 44.5. The number of hydrogen-bond acceptors (Lipinski definition) is 4. The van der Waals surface area contributed by atoms with Gasteiger partial charge in [0.05, 0.1) is 12.2 Å². The molecule has 7 heteroatoms. The highest BCUT2D eigenvalue weighted by Crippen LogP contribution is 2.26. The Morgan fingerprint density at radius 3 is 2.60 bits per heavy atom. The van der Waals surface area contributed by atoms with Crippen molar-refractivity contribution in [2.45, 2.75) is 18.4 Å². The molecule has 0 aliphatic carbocycles. The van der Waals surface area contributed by atoms with E-state index in [9.17, 15) is 12.8 Å². The van der Waals surface area contributed by atoms with Gasteiger partial charge in [-0.25, -0.2) is 12.8 Å². The molecular weight excluding hydrogens is 283 g/mol. The Labute approximate surface area is 116 Å². The van der Waals surface area contributed by atoms with E-state index >= 15 is 0 Å². The van der Waals surface area contributed by atoms with Gasteiger partial charge in [-0.15, -0.1) is 0 Å². The molecule has 2 aromatic rings. The van der Waals surface area contributed by atoms with Crippen LogP contribution in [-0.4, -0.2) is 15.5 Å². The van der Waals surface area contributed by atoms with E-state index in [1.54, 1.807) is 6.92 Å². The van der Waals surface area contributed by atoms with Gasteiger partial charge in [0.1, 0.15) is 22.2 Å². The second-order valence-electron chi connectivity index (χ2n) is 4.29. The molecule has 5 nitrogen and oxygen atoms in total. The van der Waals surface area contributed by atoms with Crippen molar-refractivity contribution in [3.05, 3.63) is 47.7 Å². The molecule has 0 radical (unpaired) electrons. The molecule has 1 heterocycles. The highest BCUT2D eigenvalue weighted by Gasteiger charge is 2.26. The standard InChI is InChI=1S/C13H15FN2O3S/c1-9-13(7-12(8-15)19-9)20(17,18)16(2)11-5-3-4-10(14)6-11/h3-7H,8,15H2,1-2H3. The molecule has 0 bridgehead atoms. The van der Waals surface area contributed by atoms with Crippen LogP contribution in [0.2, 0.25) is 0 Å². The molecule has 0 amide bonds. The highest BCUT2D eigenvalue weighted by molar-refractivity contribution is 7.92. The quantitative estimate of drug-likeness (QED) is 0.936. The SMILES string of the molecule is Cc1oc(CN)cc1S(=O)(=O)N(C)c1cccc(F)c1. The maximum atomic E-state index is 13.2. The lowest BCUT2D eigenvalue weighted by Crippen LogP contribution is -2.26. The van der Waals surface area contributed by atoms with Crippen LogP contribution in [0.1, 0.15) is 11.5 Å². The van der Waals surface area contributed by atoms with Gasteiger partial charge < -0.3 is 10.2 Å². The second-order valence-corrected chi connectivity index (χ2v) is 6.23. The first-order chi connectivity index (χ1) is 9.36. The molecule has 0 saturated carbocycles. The minimum Gasteiger partial charge on any atom is -0.464 e. The zero-order valence-electron chi connectivity index (χ0n) is 11.1. The van der Waals surface area contributed by atoms with Gasteiger partial charge in [0.25, 0.3) is 10.0 Å². The summed E-state index contributed by atoms with van der Waals surface area (Å²) in [7, 11) is -2.45. The van der Waals surface area contributed by atoms with Gasteiger partial charge in [-0.2, -0.15) is 0 Å². The molecule has 2 N–H and O–H groups in total. The molecular formula is C13H15FN2O3S. The highest BCUT2D eigenvalue weighted by atomic mass is 32.2. The Bertz CT molecular complexity index is 725. The Balaban J connectivity index is 2.46. The summed E-state index contributed by atoms with van der Waals surface area (Å²) in [6, 6.07) is 6.75. The monoisotopic (exact) mass is 298 g/mol. The number of nitrogens with two attached hydrogens (primary N) is 1. The van der Waals surface area contributed by atoms with E-state index in [1.165, 1.54) is 31.3 Å².